The number of rotatable bonds is 4. The molecular formula is C15H11F2N3O3S. The zero-order valence-corrected chi connectivity index (χ0v) is 12.8. The molecule has 0 fully saturated rings. The van der Waals surface area contributed by atoms with Crippen LogP contribution in [0.25, 0.3) is 11.3 Å². The van der Waals surface area contributed by atoms with Crippen molar-refractivity contribution < 1.29 is 21.9 Å². The summed E-state index contributed by atoms with van der Waals surface area (Å²) in [4.78, 5) is -0.991. The lowest BCUT2D eigenvalue weighted by molar-refractivity contribution is 0.428. The zero-order valence-electron chi connectivity index (χ0n) is 12.0. The Morgan fingerprint density at radius 3 is 2.42 bits per heavy atom. The second-order valence-electron chi connectivity index (χ2n) is 4.81. The molecule has 0 amide bonds. The number of aromatic amines is 1. The van der Waals surface area contributed by atoms with Crippen LogP contribution in [0.4, 0.5) is 8.78 Å². The second kappa shape index (κ2) is 6.02. The Morgan fingerprint density at radius 2 is 1.83 bits per heavy atom. The van der Waals surface area contributed by atoms with E-state index in [2.05, 4.69) is 10.2 Å². The second-order valence-corrected chi connectivity index (χ2v) is 6.33. The number of H-pyrrole nitrogens is 1. The van der Waals surface area contributed by atoms with E-state index < -0.39 is 32.3 Å². The molecular weight excluding hydrogens is 340 g/mol. The number of ether oxygens (including phenoxy) is 1. The summed E-state index contributed by atoms with van der Waals surface area (Å²) in [6, 6.07) is 9.90. The summed E-state index contributed by atoms with van der Waals surface area (Å²) in [5.41, 5.74) is -0.167. The average molecular weight is 351 g/mol. The molecule has 124 valence electrons. The molecule has 0 aliphatic heterocycles. The Morgan fingerprint density at radius 1 is 1.12 bits per heavy atom. The molecule has 1 aromatic heterocycles. The highest BCUT2D eigenvalue weighted by Gasteiger charge is 2.27. The third-order valence-corrected chi connectivity index (χ3v) is 4.09. The van der Waals surface area contributed by atoms with Crippen molar-refractivity contribution in [2.45, 2.75) is 4.90 Å². The van der Waals surface area contributed by atoms with Gasteiger partial charge in [0.05, 0.1) is 11.3 Å². The maximum Gasteiger partial charge on any atom is 0.241 e. The third-order valence-electron chi connectivity index (χ3n) is 3.18. The fraction of sp³-hybridized carbons (Fsp3) is 0. The summed E-state index contributed by atoms with van der Waals surface area (Å²) in [7, 11) is -4.48. The average Bonchev–Trinajstić information content (AvgIpc) is 3.04. The standard InChI is InChI=1S/C15H11F2N3O3S/c16-10-8-12(24(18,21)22)14(17)15(13(10)11-6-7-19-20-11)23-9-4-2-1-3-5-9/h1-8H,(H,19,20)(H2,18,21,22). The van der Waals surface area contributed by atoms with E-state index in [-0.39, 0.29) is 17.0 Å². The number of nitrogens with one attached hydrogen (secondary N) is 1. The highest BCUT2D eigenvalue weighted by Crippen LogP contribution is 2.39. The van der Waals surface area contributed by atoms with Crippen molar-refractivity contribution in [1.29, 1.82) is 0 Å². The van der Waals surface area contributed by atoms with Gasteiger partial charge in [0.1, 0.15) is 16.5 Å². The maximum absolute atomic E-state index is 14.7. The number of hydrogen-bond donors (Lipinski definition) is 2. The first-order chi connectivity index (χ1) is 11.4. The molecule has 0 saturated carbocycles. The number of para-hydroxylation sites is 1. The van der Waals surface area contributed by atoms with Gasteiger partial charge < -0.3 is 4.74 Å². The van der Waals surface area contributed by atoms with Crippen LogP contribution in [0.15, 0.2) is 53.6 Å². The van der Waals surface area contributed by atoms with Gasteiger partial charge in [-0.2, -0.15) is 5.10 Å². The number of nitrogens with zero attached hydrogens (tertiary/aromatic N) is 1. The van der Waals surface area contributed by atoms with E-state index in [9.17, 15) is 17.2 Å². The SMILES string of the molecule is NS(=O)(=O)c1cc(F)c(-c2ccn[nH]2)c(Oc2ccccc2)c1F. The quantitative estimate of drug-likeness (QED) is 0.755. The molecule has 3 aromatic rings. The van der Waals surface area contributed by atoms with Gasteiger partial charge in [-0.05, 0) is 24.3 Å². The predicted octanol–water partition coefficient (Wildman–Crippen LogP) is 2.79. The monoisotopic (exact) mass is 351 g/mol. The van der Waals surface area contributed by atoms with Gasteiger partial charge in [-0.15, -0.1) is 0 Å². The van der Waals surface area contributed by atoms with Crippen LogP contribution in [-0.4, -0.2) is 18.6 Å². The molecule has 6 nitrogen and oxygen atoms in total. The fourth-order valence-electron chi connectivity index (χ4n) is 2.14. The molecule has 2 aromatic carbocycles. The first-order valence-corrected chi connectivity index (χ1v) is 8.20. The van der Waals surface area contributed by atoms with Crippen molar-refractivity contribution >= 4 is 10.0 Å². The third kappa shape index (κ3) is 2.99. The Labute approximate surface area is 135 Å². The summed E-state index contributed by atoms with van der Waals surface area (Å²) in [5, 5.41) is 11.1. The van der Waals surface area contributed by atoms with Crippen LogP contribution in [-0.2, 0) is 10.0 Å². The molecule has 0 radical (unpaired) electrons. The highest BCUT2D eigenvalue weighted by atomic mass is 32.2. The lowest BCUT2D eigenvalue weighted by Crippen LogP contribution is -2.15. The van der Waals surface area contributed by atoms with E-state index in [1.807, 2.05) is 0 Å². The maximum atomic E-state index is 14.7. The Balaban J connectivity index is 2.28. The van der Waals surface area contributed by atoms with Gasteiger partial charge in [-0.25, -0.2) is 22.3 Å². The molecule has 3 N–H and O–H groups in total. The van der Waals surface area contributed by atoms with Crippen molar-refractivity contribution in [3.63, 3.8) is 0 Å². The molecule has 24 heavy (non-hydrogen) atoms. The summed E-state index contributed by atoms with van der Waals surface area (Å²) in [6.45, 7) is 0. The number of hydrogen-bond acceptors (Lipinski definition) is 4. The van der Waals surface area contributed by atoms with Gasteiger partial charge in [0.25, 0.3) is 0 Å². The van der Waals surface area contributed by atoms with Crippen LogP contribution in [0, 0.1) is 11.6 Å². The lowest BCUT2D eigenvalue weighted by atomic mass is 10.1. The summed E-state index contributed by atoms with van der Waals surface area (Å²) in [5.74, 6) is -2.71. The van der Waals surface area contributed by atoms with Gasteiger partial charge in [0.2, 0.25) is 10.0 Å². The summed E-state index contributed by atoms with van der Waals surface area (Å²) >= 11 is 0. The largest absolute Gasteiger partial charge is 0.453 e. The van der Waals surface area contributed by atoms with E-state index in [1.165, 1.54) is 24.4 Å². The van der Waals surface area contributed by atoms with E-state index in [4.69, 9.17) is 9.88 Å². The molecule has 0 spiro atoms. The number of halogens is 2. The van der Waals surface area contributed by atoms with Crippen molar-refractivity contribution in [1.82, 2.24) is 10.2 Å². The molecule has 1 heterocycles. The first-order valence-electron chi connectivity index (χ1n) is 6.65. The molecule has 0 saturated heterocycles. The number of aromatic nitrogens is 2. The van der Waals surface area contributed by atoms with E-state index >= 15 is 0 Å². The van der Waals surface area contributed by atoms with Crippen LogP contribution in [0.1, 0.15) is 0 Å². The van der Waals surface area contributed by atoms with Crippen molar-refractivity contribution in [3.8, 4) is 22.8 Å². The van der Waals surface area contributed by atoms with Gasteiger partial charge >= 0.3 is 0 Å². The molecule has 0 bridgehead atoms. The van der Waals surface area contributed by atoms with Gasteiger partial charge in [0, 0.05) is 6.20 Å². The highest BCUT2D eigenvalue weighted by molar-refractivity contribution is 7.89. The van der Waals surface area contributed by atoms with E-state index in [0.717, 1.165) is 0 Å². The van der Waals surface area contributed by atoms with Gasteiger partial charge in [0.15, 0.2) is 11.6 Å². The number of sulfonamides is 1. The zero-order chi connectivity index (χ0) is 17.3. The minimum absolute atomic E-state index is 0.123. The van der Waals surface area contributed by atoms with Crippen LogP contribution in [0.3, 0.4) is 0 Å². The molecule has 0 aliphatic rings. The summed E-state index contributed by atoms with van der Waals surface area (Å²) < 4.78 is 57.6. The number of primary sulfonamides is 1. The van der Waals surface area contributed by atoms with Crippen molar-refractivity contribution in [2.75, 3.05) is 0 Å². The number of benzene rings is 2. The van der Waals surface area contributed by atoms with Crippen LogP contribution in [0.2, 0.25) is 0 Å². The normalized spacial score (nSPS) is 11.5. The predicted molar refractivity (Wildman–Crippen MR) is 81.8 cm³/mol. The van der Waals surface area contributed by atoms with E-state index in [1.54, 1.807) is 18.2 Å². The molecule has 9 heteroatoms. The topological polar surface area (TPSA) is 98.1 Å². The van der Waals surface area contributed by atoms with Gasteiger partial charge in [-0.3, -0.25) is 5.10 Å². The van der Waals surface area contributed by atoms with Crippen LogP contribution in [0.5, 0.6) is 11.5 Å². The molecule has 3 rings (SSSR count). The molecule has 0 unspecified atom stereocenters. The van der Waals surface area contributed by atoms with Crippen LogP contribution >= 0.6 is 0 Å². The minimum atomic E-state index is -4.48. The van der Waals surface area contributed by atoms with Crippen molar-refractivity contribution in [2.24, 2.45) is 5.14 Å². The number of nitrogens with two attached hydrogens (primary N) is 1. The molecule has 0 aliphatic carbocycles. The first kappa shape index (κ1) is 16.1. The Hall–Kier alpha value is -2.78. The fourth-order valence-corrected chi connectivity index (χ4v) is 2.75. The minimum Gasteiger partial charge on any atom is -0.453 e. The Kier molecular flexibility index (Phi) is 4.04. The lowest BCUT2D eigenvalue weighted by Gasteiger charge is -2.14. The van der Waals surface area contributed by atoms with Gasteiger partial charge in [-0.1, -0.05) is 18.2 Å². The Bertz CT molecular complexity index is 975. The smallest absolute Gasteiger partial charge is 0.241 e. The molecule has 0 atom stereocenters. The van der Waals surface area contributed by atoms with E-state index in [0.29, 0.717) is 6.07 Å². The van der Waals surface area contributed by atoms with Crippen LogP contribution < -0.4 is 9.88 Å². The van der Waals surface area contributed by atoms with Crippen molar-refractivity contribution in [3.05, 3.63) is 60.3 Å². The summed E-state index contributed by atoms with van der Waals surface area (Å²) in [6.07, 6.45) is 1.34.